The molecule has 14 heavy (non-hydrogen) atoms. The van der Waals surface area contributed by atoms with Crippen molar-refractivity contribution in [2.75, 3.05) is 13.6 Å². The summed E-state index contributed by atoms with van der Waals surface area (Å²) in [7, 11) is 1.82. The lowest BCUT2D eigenvalue weighted by Gasteiger charge is -2.11. The molecule has 1 aromatic rings. The molecule has 0 aliphatic carbocycles. The molecular weight excluding hydrogens is 198 g/mol. The minimum Gasteiger partial charge on any atom is -0.480 e. The molecule has 0 saturated carbocycles. The van der Waals surface area contributed by atoms with Crippen molar-refractivity contribution in [2.45, 2.75) is 19.9 Å². The van der Waals surface area contributed by atoms with E-state index in [4.69, 9.17) is 5.11 Å². The second-order valence-corrected chi connectivity index (χ2v) is 4.54. The van der Waals surface area contributed by atoms with E-state index < -0.39 is 5.97 Å². The molecule has 0 unspecified atom stereocenters. The Labute approximate surface area is 88.0 Å². The zero-order valence-corrected chi connectivity index (χ0v) is 9.30. The van der Waals surface area contributed by atoms with Crippen molar-refractivity contribution < 1.29 is 9.90 Å². The van der Waals surface area contributed by atoms with Gasteiger partial charge in [-0.15, -0.1) is 11.3 Å². The number of carboxylic acids is 1. The van der Waals surface area contributed by atoms with E-state index in [2.05, 4.69) is 19.1 Å². The first-order valence-corrected chi connectivity index (χ1v) is 5.41. The Morgan fingerprint density at radius 1 is 1.50 bits per heavy atom. The molecule has 0 saturated heterocycles. The molecule has 0 bridgehead atoms. The SMILES string of the molecule is CCc1ccc(CN(C)CC(=O)O)s1. The first-order chi connectivity index (χ1) is 6.61. The molecule has 0 radical (unpaired) electrons. The Kier molecular flexibility index (Phi) is 4.10. The zero-order chi connectivity index (χ0) is 10.6. The number of aliphatic carboxylic acids is 1. The van der Waals surface area contributed by atoms with Crippen LogP contribution in [0, 0.1) is 0 Å². The summed E-state index contributed by atoms with van der Waals surface area (Å²) in [5.74, 6) is -0.778. The lowest BCUT2D eigenvalue weighted by atomic mass is 10.3. The standard InChI is InChI=1S/C10H15NO2S/c1-3-8-4-5-9(14-8)6-11(2)7-10(12)13/h4-5H,3,6-7H2,1-2H3,(H,12,13). The quantitative estimate of drug-likeness (QED) is 0.811. The smallest absolute Gasteiger partial charge is 0.317 e. The van der Waals surface area contributed by atoms with E-state index in [0.29, 0.717) is 0 Å². The van der Waals surface area contributed by atoms with Gasteiger partial charge in [-0.05, 0) is 25.6 Å². The summed E-state index contributed by atoms with van der Waals surface area (Å²) in [5.41, 5.74) is 0. The van der Waals surface area contributed by atoms with Gasteiger partial charge < -0.3 is 5.11 Å². The average Bonchev–Trinajstić information content (AvgIpc) is 2.50. The van der Waals surface area contributed by atoms with Crippen LogP contribution in [0.3, 0.4) is 0 Å². The third kappa shape index (κ3) is 3.47. The zero-order valence-electron chi connectivity index (χ0n) is 8.49. The van der Waals surface area contributed by atoms with Crippen molar-refractivity contribution in [2.24, 2.45) is 0 Å². The van der Waals surface area contributed by atoms with Gasteiger partial charge in [0.25, 0.3) is 0 Å². The van der Waals surface area contributed by atoms with Crippen molar-refractivity contribution in [1.29, 1.82) is 0 Å². The van der Waals surface area contributed by atoms with Crippen molar-refractivity contribution in [3.05, 3.63) is 21.9 Å². The van der Waals surface area contributed by atoms with E-state index >= 15 is 0 Å². The maximum absolute atomic E-state index is 10.4. The summed E-state index contributed by atoms with van der Waals surface area (Å²) in [5, 5.41) is 8.58. The molecule has 0 aliphatic heterocycles. The molecule has 1 rings (SSSR count). The molecule has 0 fully saturated rings. The lowest BCUT2D eigenvalue weighted by Crippen LogP contribution is -2.24. The van der Waals surface area contributed by atoms with Crippen LogP contribution in [0.5, 0.6) is 0 Å². The third-order valence-corrected chi connectivity index (χ3v) is 3.11. The lowest BCUT2D eigenvalue weighted by molar-refractivity contribution is -0.138. The fourth-order valence-electron chi connectivity index (χ4n) is 1.25. The van der Waals surface area contributed by atoms with E-state index in [9.17, 15) is 4.79 Å². The Morgan fingerprint density at radius 3 is 2.64 bits per heavy atom. The summed E-state index contributed by atoms with van der Waals surface area (Å²) >= 11 is 1.75. The number of thiophene rings is 1. The van der Waals surface area contributed by atoms with Gasteiger partial charge >= 0.3 is 5.97 Å². The van der Waals surface area contributed by atoms with E-state index in [0.717, 1.165) is 13.0 Å². The molecule has 0 atom stereocenters. The van der Waals surface area contributed by atoms with Crippen molar-refractivity contribution in [3.8, 4) is 0 Å². The third-order valence-electron chi connectivity index (χ3n) is 1.90. The number of aryl methyl sites for hydroxylation is 1. The van der Waals surface area contributed by atoms with Crippen LogP contribution < -0.4 is 0 Å². The van der Waals surface area contributed by atoms with Crippen LogP contribution >= 0.6 is 11.3 Å². The fraction of sp³-hybridized carbons (Fsp3) is 0.500. The maximum atomic E-state index is 10.4. The van der Waals surface area contributed by atoms with Crippen molar-refractivity contribution in [3.63, 3.8) is 0 Å². The molecular formula is C10H15NO2S. The molecule has 0 aromatic carbocycles. The number of hydrogen-bond acceptors (Lipinski definition) is 3. The molecule has 78 valence electrons. The van der Waals surface area contributed by atoms with Gasteiger partial charge in [0.15, 0.2) is 0 Å². The molecule has 0 aliphatic rings. The van der Waals surface area contributed by atoms with Gasteiger partial charge in [-0.2, -0.15) is 0 Å². The second-order valence-electron chi connectivity index (χ2n) is 3.29. The highest BCUT2D eigenvalue weighted by molar-refractivity contribution is 7.11. The highest BCUT2D eigenvalue weighted by Gasteiger charge is 2.06. The van der Waals surface area contributed by atoms with E-state index in [1.54, 1.807) is 16.2 Å². The van der Waals surface area contributed by atoms with Gasteiger partial charge in [-0.1, -0.05) is 6.92 Å². The topological polar surface area (TPSA) is 40.5 Å². The number of rotatable bonds is 5. The van der Waals surface area contributed by atoms with Crippen molar-refractivity contribution in [1.82, 2.24) is 4.90 Å². The van der Waals surface area contributed by atoms with E-state index in [-0.39, 0.29) is 6.54 Å². The van der Waals surface area contributed by atoms with Gasteiger partial charge in [0, 0.05) is 16.3 Å². The summed E-state index contributed by atoms with van der Waals surface area (Å²) in [6.45, 7) is 2.94. The van der Waals surface area contributed by atoms with Crippen LogP contribution in [0.2, 0.25) is 0 Å². The Bertz CT molecular complexity index is 309. The monoisotopic (exact) mass is 213 g/mol. The molecule has 3 nitrogen and oxygen atoms in total. The van der Waals surface area contributed by atoms with E-state index in [1.807, 2.05) is 7.05 Å². The van der Waals surface area contributed by atoms with Crippen LogP contribution in [0.1, 0.15) is 16.7 Å². The fourth-order valence-corrected chi connectivity index (χ4v) is 2.29. The van der Waals surface area contributed by atoms with Gasteiger partial charge in [0.05, 0.1) is 6.54 Å². The summed E-state index contributed by atoms with van der Waals surface area (Å²) < 4.78 is 0. The Hall–Kier alpha value is -0.870. The van der Waals surface area contributed by atoms with Crippen LogP contribution in [0.15, 0.2) is 12.1 Å². The largest absolute Gasteiger partial charge is 0.480 e. The first kappa shape index (κ1) is 11.2. The molecule has 0 spiro atoms. The second kappa shape index (κ2) is 5.12. The Balaban J connectivity index is 2.47. The van der Waals surface area contributed by atoms with Crippen LogP contribution in [-0.4, -0.2) is 29.6 Å². The number of carbonyl (C=O) groups is 1. The summed E-state index contributed by atoms with van der Waals surface area (Å²) in [6.07, 6.45) is 1.05. The minimum absolute atomic E-state index is 0.0966. The Morgan fingerprint density at radius 2 is 2.14 bits per heavy atom. The molecule has 1 aromatic heterocycles. The van der Waals surface area contributed by atoms with Gasteiger partial charge in [0.1, 0.15) is 0 Å². The van der Waals surface area contributed by atoms with Gasteiger partial charge in [-0.25, -0.2) is 0 Å². The predicted octanol–water partition coefficient (Wildman–Crippen LogP) is 1.83. The summed E-state index contributed by atoms with van der Waals surface area (Å²) in [6, 6.07) is 4.18. The minimum atomic E-state index is -0.778. The van der Waals surface area contributed by atoms with E-state index in [1.165, 1.54) is 9.75 Å². The number of carboxylic acid groups (broad SMARTS) is 1. The first-order valence-electron chi connectivity index (χ1n) is 4.59. The van der Waals surface area contributed by atoms with Crippen LogP contribution in [0.25, 0.3) is 0 Å². The number of hydrogen-bond donors (Lipinski definition) is 1. The van der Waals surface area contributed by atoms with Crippen LogP contribution in [0.4, 0.5) is 0 Å². The summed E-state index contributed by atoms with van der Waals surface area (Å²) in [4.78, 5) is 14.8. The number of likely N-dealkylation sites (N-methyl/N-ethyl adjacent to an activating group) is 1. The number of nitrogens with zero attached hydrogens (tertiary/aromatic N) is 1. The highest BCUT2D eigenvalue weighted by atomic mass is 32.1. The van der Waals surface area contributed by atoms with Crippen LogP contribution in [-0.2, 0) is 17.8 Å². The van der Waals surface area contributed by atoms with Gasteiger partial charge in [-0.3, -0.25) is 9.69 Å². The van der Waals surface area contributed by atoms with Gasteiger partial charge in [0.2, 0.25) is 0 Å². The maximum Gasteiger partial charge on any atom is 0.317 e. The predicted molar refractivity (Wildman–Crippen MR) is 57.7 cm³/mol. The normalized spacial score (nSPS) is 10.8. The molecule has 1 heterocycles. The molecule has 0 amide bonds. The van der Waals surface area contributed by atoms with Crippen molar-refractivity contribution >= 4 is 17.3 Å². The molecule has 4 heteroatoms. The highest BCUT2D eigenvalue weighted by Crippen LogP contribution is 2.17. The molecule has 1 N–H and O–H groups in total. The average molecular weight is 213 g/mol.